The fourth-order valence-corrected chi connectivity index (χ4v) is 7.35. The number of methoxy groups -OCH3 is 2. The van der Waals surface area contributed by atoms with Crippen molar-refractivity contribution in [2.75, 3.05) is 27.4 Å². The highest BCUT2D eigenvalue weighted by atomic mass is 16.8. The highest BCUT2D eigenvalue weighted by molar-refractivity contribution is 5.87. The lowest BCUT2D eigenvalue weighted by Gasteiger charge is -2.44. The molecule has 0 amide bonds. The summed E-state index contributed by atoms with van der Waals surface area (Å²) in [4.78, 5) is 25.1. The number of carbonyl (C=O) groups excluding carboxylic acids is 2. The second-order valence-corrected chi connectivity index (χ2v) is 13.1. The minimum absolute atomic E-state index is 0.450. The number of esters is 2. The van der Waals surface area contributed by atoms with Gasteiger partial charge in [0, 0.05) is 18.9 Å². The molecule has 52 heavy (non-hydrogen) atoms. The Morgan fingerprint density at radius 1 is 0.865 bits per heavy atom. The van der Waals surface area contributed by atoms with E-state index in [9.17, 15) is 40.2 Å². The van der Waals surface area contributed by atoms with Gasteiger partial charge in [-0.25, -0.2) is 4.79 Å². The summed E-state index contributed by atoms with van der Waals surface area (Å²) in [5, 5.41) is 62.4. The minimum Gasteiger partial charge on any atom is -0.493 e. The molecule has 16 atom stereocenters. The van der Waals surface area contributed by atoms with E-state index >= 15 is 0 Å². The van der Waals surface area contributed by atoms with Gasteiger partial charge < -0.3 is 78.0 Å². The van der Waals surface area contributed by atoms with E-state index in [0.717, 1.165) is 13.0 Å². The van der Waals surface area contributed by atoms with Crippen LogP contribution >= 0.6 is 0 Å². The lowest BCUT2D eigenvalue weighted by molar-refractivity contribution is -0.347. The van der Waals surface area contributed by atoms with E-state index in [-0.39, 0.29) is 0 Å². The zero-order valence-electron chi connectivity index (χ0n) is 28.7. The molecule has 4 fully saturated rings. The van der Waals surface area contributed by atoms with Crippen molar-refractivity contribution in [2.24, 2.45) is 11.8 Å². The molecule has 6 N–H and O–H groups in total. The molecule has 0 bridgehead atoms. The second kappa shape index (κ2) is 15.5. The van der Waals surface area contributed by atoms with Gasteiger partial charge in [-0.15, -0.1) is 0 Å². The number of aliphatic hydroxyl groups is 6. The molecule has 6 rings (SSSR count). The topological polar surface area (TPSA) is 251 Å². The molecular weight excluding hydrogens is 696 g/mol. The van der Waals surface area contributed by atoms with Gasteiger partial charge in [-0.3, -0.25) is 4.79 Å². The maximum Gasteiger partial charge on any atom is 0.331 e. The second-order valence-electron chi connectivity index (χ2n) is 13.1. The molecule has 3 saturated heterocycles. The van der Waals surface area contributed by atoms with Crippen molar-refractivity contribution < 1.29 is 87.6 Å². The minimum atomic E-state index is -1.71. The molecule has 0 aromatic heterocycles. The maximum absolute atomic E-state index is 12.9. The Kier molecular flexibility index (Phi) is 11.4. The van der Waals surface area contributed by atoms with Crippen LogP contribution in [0.5, 0.6) is 11.5 Å². The lowest BCUT2D eigenvalue weighted by Crippen LogP contribution is -2.61. The lowest BCUT2D eigenvalue weighted by atomic mass is 9.85. The van der Waals surface area contributed by atoms with Crippen LogP contribution in [0.25, 0.3) is 6.08 Å². The Hall–Kier alpha value is -3.40. The summed E-state index contributed by atoms with van der Waals surface area (Å²) >= 11 is 0. The number of carbonyl (C=O) groups is 2. The molecule has 18 heteroatoms. The van der Waals surface area contributed by atoms with Gasteiger partial charge in [0.25, 0.3) is 0 Å². The summed E-state index contributed by atoms with van der Waals surface area (Å²) in [6, 6.07) is 5.02. The molecule has 4 heterocycles. The van der Waals surface area contributed by atoms with Crippen molar-refractivity contribution in [1.29, 1.82) is 0 Å². The van der Waals surface area contributed by atoms with Crippen molar-refractivity contribution >= 4 is 18.0 Å². The molecule has 1 aliphatic carbocycles. The smallest absolute Gasteiger partial charge is 0.331 e. The fraction of sp³-hybridized carbons (Fsp3) is 0.647. The Bertz CT molecular complexity index is 1500. The average Bonchev–Trinajstić information content (AvgIpc) is 3.81. The summed E-state index contributed by atoms with van der Waals surface area (Å²) in [5.41, 5.74) is -0.649. The summed E-state index contributed by atoms with van der Waals surface area (Å²) in [7, 11) is 2.98. The van der Waals surface area contributed by atoms with Crippen LogP contribution < -0.4 is 9.47 Å². The maximum atomic E-state index is 12.9. The average molecular weight is 741 g/mol. The van der Waals surface area contributed by atoms with Gasteiger partial charge in [-0.2, -0.15) is 0 Å². The van der Waals surface area contributed by atoms with Crippen molar-refractivity contribution in [3.63, 3.8) is 0 Å². The molecule has 1 saturated carbocycles. The van der Waals surface area contributed by atoms with E-state index in [2.05, 4.69) is 0 Å². The molecule has 1 aromatic rings. The molecule has 288 valence electrons. The molecular formula is C34H44O18. The van der Waals surface area contributed by atoms with Crippen molar-refractivity contribution in [3.8, 4) is 11.5 Å². The first-order valence-electron chi connectivity index (χ1n) is 16.7. The molecule has 0 spiro atoms. The third-order valence-electron chi connectivity index (χ3n) is 10.0. The van der Waals surface area contributed by atoms with Crippen LogP contribution in [0.1, 0.15) is 19.4 Å². The molecule has 0 radical (unpaired) electrons. The number of rotatable bonds is 12. The van der Waals surface area contributed by atoms with E-state index in [1.54, 1.807) is 31.2 Å². The summed E-state index contributed by atoms with van der Waals surface area (Å²) in [6.07, 6.45) is -11.7. The van der Waals surface area contributed by atoms with Crippen LogP contribution in [0, 0.1) is 11.8 Å². The number of epoxide rings is 1. The third kappa shape index (κ3) is 7.13. The number of ether oxygens (including phenoxy) is 10. The van der Waals surface area contributed by atoms with Gasteiger partial charge in [-0.1, -0.05) is 6.07 Å². The molecule has 4 aliphatic heterocycles. The van der Waals surface area contributed by atoms with E-state index in [4.69, 9.17) is 47.4 Å². The number of aliphatic hydroxyl groups excluding tert-OH is 6. The van der Waals surface area contributed by atoms with Crippen LogP contribution in [-0.2, 0) is 47.5 Å². The predicted molar refractivity (Wildman–Crippen MR) is 170 cm³/mol. The summed E-state index contributed by atoms with van der Waals surface area (Å²) < 4.78 is 56.9. The largest absolute Gasteiger partial charge is 0.493 e. The first-order valence-corrected chi connectivity index (χ1v) is 16.7. The van der Waals surface area contributed by atoms with E-state index in [0.29, 0.717) is 17.1 Å². The highest BCUT2D eigenvalue weighted by Gasteiger charge is 2.77. The van der Waals surface area contributed by atoms with Crippen LogP contribution in [0.4, 0.5) is 0 Å². The zero-order valence-corrected chi connectivity index (χ0v) is 28.7. The van der Waals surface area contributed by atoms with Gasteiger partial charge >= 0.3 is 11.9 Å². The number of benzene rings is 1. The van der Waals surface area contributed by atoms with Gasteiger partial charge in [0.2, 0.25) is 6.29 Å². The monoisotopic (exact) mass is 740 g/mol. The summed E-state index contributed by atoms with van der Waals surface area (Å²) in [6.45, 7) is 1.52. The zero-order chi connectivity index (χ0) is 37.5. The Balaban J connectivity index is 1.15. The van der Waals surface area contributed by atoms with Crippen molar-refractivity contribution in [3.05, 3.63) is 42.2 Å². The Labute approximate surface area is 297 Å². The van der Waals surface area contributed by atoms with Crippen LogP contribution in [-0.4, -0.2) is 156 Å². The normalized spacial score (nSPS) is 42.2. The number of hydrogen-bond acceptors (Lipinski definition) is 18. The van der Waals surface area contributed by atoms with Crippen LogP contribution in [0.2, 0.25) is 0 Å². The standard InChI is InChI=1S/C34H44O18/c1-14-27(49-21(38)8-6-16-5-7-18(43-3)19(11-16)44-4)29(47-15(2)37)26(42)33(46-14)50-28-17-9-10-45-31(22(17)34(13-36)30(28)52-34)51-32-25(41)24(40)23(39)20(12-35)48-32/h5-11,14,17,20,22-33,35-36,39-42H,12-13H2,1-4H3. The van der Waals surface area contributed by atoms with Gasteiger partial charge in [0.15, 0.2) is 36.3 Å². The van der Waals surface area contributed by atoms with E-state index < -0.39 is 122 Å². The first-order chi connectivity index (χ1) is 24.9. The Morgan fingerprint density at radius 2 is 1.60 bits per heavy atom. The number of fused-ring (bicyclic) bond motifs is 3. The predicted octanol–water partition coefficient (Wildman–Crippen LogP) is -1.89. The molecule has 16 unspecified atom stereocenters. The van der Waals surface area contributed by atoms with Gasteiger partial charge in [0.05, 0.1) is 51.8 Å². The molecule has 5 aliphatic rings. The van der Waals surface area contributed by atoms with Crippen LogP contribution in [0.3, 0.4) is 0 Å². The summed E-state index contributed by atoms with van der Waals surface area (Å²) in [5.74, 6) is -1.99. The van der Waals surface area contributed by atoms with Gasteiger partial charge in [-0.05, 0) is 36.8 Å². The van der Waals surface area contributed by atoms with Crippen molar-refractivity contribution in [1.82, 2.24) is 0 Å². The SMILES string of the molecule is COc1ccc(C=CC(=O)OC2C(C)OC(OC3C4C=COC(OC5OC(CO)C(O)C(O)C5O)C4C4(CO)OC34)C(O)C2OC(C)=O)cc1OC. The number of hydrogen-bond donors (Lipinski definition) is 6. The highest BCUT2D eigenvalue weighted by Crippen LogP contribution is 2.61. The fourth-order valence-electron chi connectivity index (χ4n) is 7.35. The van der Waals surface area contributed by atoms with Gasteiger partial charge in [0.1, 0.15) is 42.2 Å². The quantitative estimate of drug-likeness (QED) is 0.0779. The van der Waals surface area contributed by atoms with Crippen LogP contribution in [0.15, 0.2) is 36.6 Å². The van der Waals surface area contributed by atoms with E-state index in [1.807, 2.05) is 0 Å². The first kappa shape index (κ1) is 38.3. The molecule has 1 aromatic carbocycles. The third-order valence-corrected chi connectivity index (χ3v) is 10.0. The van der Waals surface area contributed by atoms with Crippen molar-refractivity contribution in [2.45, 2.75) is 99.4 Å². The molecule has 18 nitrogen and oxygen atoms in total. The van der Waals surface area contributed by atoms with E-state index in [1.165, 1.54) is 26.6 Å². The Morgan fingerprint density at radius 3 is 2.27 bits per heavy atom.